The van der Waals surface area contributed by atoms with Gasteiger partial charge in [0.05, 0.1) is 6.04 Å². The lowest BCUT2D eigenvalue weighted by Crippen LogP contribution is -2.38. The fourth-order valence-corrected chi connectivity index (χ4v) is 3.58. The average Bonchev–Trinajstić information content (AvgIpc) is 2.52. The minimum atomic E-state index is -0.389. The van der Waals surface area contributed by atoms with Gasteiger partial charge in [0.1, 0.15) is 10.3 Å². The zero-order chi connectivity index (χ0) is 16.6. The number of fused-ring (bicyclic) bond motifs is 1. The fourth-order valence-electron chi connectivity index (χ4n) is 3.17. The van der Waals surface area contributed by atoms with Crippen LogP contribution in [0.15, 0.2) is 38.3 Å². The molecular weight excluding hydrogens is 358 g/mol. The first kappa shape index (κ1) is 16.1. The normalized spacial score (nSPS) is 17.1. The van der Waals surface area contributed by atoms with Gasteiger partial charge in [0.2, 0.25) is 0 Å². The second-order valence-electron chi connectivity index (χ2n) is 6.18. The Hall–Kier alpha value is -1.82. The van der Waals surface area contributed by atoms with Crippen LogP contribution in [0.25, 0.3) is 0 Å². The van der Waals surface area contributed by atoms with E-state index in [9.17, 15) is 9.59 Å². The van der Waals surface area contributed by atoms with Gasteiger partial charge in [-0.2, -0.15) is 0 Å². The highest BCUT2D eigenvalue weighted by molar-refractivity contribution is 9.10. The minimum Gasteiger partial charge on any atom is -0.364 e. The maximum absolute atomic E-state index is 12.4. The van der Waals surface area contributed by atoms with Crippen molar-refractivity contribution < 1.29 is 0 Å². The van der Waals surface area contributed by atoms with Gasteiger partial charge in [-0.15, -0.1) is 0 Å². The van der Waals surface area contributed by atoms with E-state index in [1.807, 2.05) is 26.0 Å². The largest absolute Gasteiger partial charge is 0.364 e. The van der Waals surface area contributed by atoms with Crippen molar-refractivity contribution in [1.82, 2.24) is 9.55 Å². The maximum Gasteiger partial charge on any atom is 0.330 e. The van der Waals surface area contributed by atoms with E-state index in [2.05, 4.69) is 38.4 Å². The summed E-state index contributed by atoms with van der Waals surface area (Å²) >= 11 is 3.33. The van der Waals surface area contributed by atoms with E-state index in [-0.39, 0.29) is 23.3 Å². The van der Waals surface area contributed by atoms with E-state index in [0.29, 0.717) is 10.3 Å². The summed E-state index contributed by atoms with van der Waals surface area (Å²) in [4.78, 5) is 27.4. The van der Waals surface area contributed by atoms with Crippen molar-refractivity contribution in [3.8, 4) is 0 Å². The van der Waals surface area contributed by atoms with Crippen molar-refractivity contribution in [3.05, 3.63) is 60.7 Å². The molecule has 6 heteroatoms. The van der Waals surface area contributed by atoms with E-state index in [1.54, 1.807) is 0 Å². The van der Waals surface area contributed by atoms with Crippen LogP contribution in [-0.2, 0) is 6.42 Å². The van der Waals surface area contributed by atoms with Crippen molar-refractivity contribution in [2.45, 2.75) is 45.2 Å². The molecule has 5 nitrogen and oxygen atoms in total. The summed E-state index contributed by atoms with van der Waals surface area (Å²) in [6.07, 6.45) is 3.12. The number of nitrogens with zero attached hydrogens (tertiary/aromatic N) is 1. The summed E-state index contributed by atoms with van der Waals surface area (Å²) in [5, 5.41) is 3.34. The number of rotatable bonds is 3. The summed E-state index contributed by atoms with van der Waals surface area (Å²) in [5.74, 6) is 0.457. The molecule has 122 valence electrons. The minimum absolute atomic E-state index is 0.0983. The molecule has 3 rings (SSSR count). The second kappa shape index (κ2) is 6.35. The van der Waals surface area contributed by atoms with Gasteiger partial charge in [-0.1, -0.05) is 24.3 Å². The van der Waals surface area contributed by atoms with Crippen LogP contribution in [0.3, 0.4) is 0 Å². The number of anilines is 1. The van der Waals surface area contributed by atoms with Gasteiger partial charge in [0.25, 0.3) is 5.56 Å². The lowest BCUT2D eigenvalue weighted by Gasteiger charge is -2.27. The molecule has 0 bridgehead atoms. The van der Waals surface area contributed by atoms with Crippen LogP contribution in [0.5, 0.6) is 0 Å². The van der Waals surface area contributed by atoms with Crippen molar-refractivity contribution in [1.29, 1.82) is 0 Å². The third-order valence-electron chi connectivity index (χ3n) is 4.28. The van der Waals surface area contributed by atoms with Crippen LogP contribution in [-0.4, -0.2) is 9.55 Å². The molecule has 1 aromatic heterocycles. The van der Waals surface area contributed by atoms with E-state index in [1.165, 1.54) is 15.7 Å². The molecular formula is C17H20BrN3O2. The van der Waals surface area contributed by atoms with E-state index < -0.39 is 0 Å². The molecule has 1 aliphatic rings. The van der Waals surface area contributed by atoms with Gasteiger partial charge in [-0.3, -0.25) is 14.3 Å². The maximum atomic E-state index is 12.4. The molecule has 23 heavy (non-hydrogen) atoms. The first-order chi connectivity index (χ1) is 11.0. The Balaban J connectivity index is 1.99. The van der Waals surface area contributed by atoms with Gasteiger partial charge in [0.15, 0.2) is 0 Å². The summed E-state index contributed by atoms with van der Waals surface area (Å²) < 4.78 is 1.58. The zero-order valence-electron chi connectivity index (χ0n) is 13.2. The summed E-state index contributed by atoms with van der Waals surface area (Å²) in [7, 11) is 0. The monoisotopic (exact) mass is 377 g/mol. The Morgan fingerprint density at radius 2 is 2.04 bits per heavy atom. The number of hydrogen-bond donors (Lipinski definition) is 2. The third kappa shape index (κ3) is 3.00. The number of benzene rings is 1. The van der Waals surface area contributed by atoms with Crippen LogP contribution < -0.4 is 16.6 Å². The first-order valence-electron chi connectivity index (χ1n) is 7.87. The smallest absolute Gasteiger partial charge is 0.330 e. The molecule has 0 saturated heterocycles. The van der Waals surface area contributed by atoms with Crippen molar-refractivity contribution >= 4 is 21.7 Å². The molecule has 2 aromatic rings. The third-order valence-corrected chi connectivity index (χ3v) is 5.02. The highest BCUT2D eigenvalue weighted by Crippen LogP contribution is 2.32. The molecule has 1 aromatic carbocycles. The highest BCUT2D eigenvalue weighted by Gasteiger charge is 2.22. The number of H-pyrrole nitrogens is 1. The molecule has 0 fully saturated rings. The Morgan fingerprint density at radius 3 is 2.78 bits per heavy atom. The van der Waals surface area contributed by atoms with Gasteiger partial charge in [-0.25, -0.2) is 4.79 Å². The number of aromatic nitrogens is 2. The molecule has 1 heterocycles. The fraction of sp³-hybridized carbons (Fsp3) is 0.412. The SMILES string of the molecule is CC(C)n1c(=O)[nH]c(NC2CCCc3ccccc32)c(Br)c1=O. The van der Waals surface area contributed by atoms with Crippen molar-refractivity contribution in [2.75, 3.05) is 5.32 Å². The lowest BCUT2D eigenvalue weighted by molar-refractivity contribution is 0.541. The molecule has 1 unspecified atom stereocenters. The van der Waals surface area contributed by atoms with Crippen LogP contribution in [0.2, 0.25) is 0 Å². The van der Waals surface area contributed by atoms with Crippen LogP contribution in [0.1, 0.15) is 49.9 Å². The number of aromatic amines is 1. The molecule has 2 N–H and O–H groups in total. The molecule has 1 atom stereocenters. The van der Waals surface area contributed by atoms with Crippen LogP contribution in [0.4, 0.5) is 5.82 Å². The van der Waals surface area contributed by atoms with Crippen LogP contribution in [0, 0.1) is 0 Å². The highest BCUT2D eigenvalue weighted by atomic mass is 79.9. The quantitative estimate of drug-likeness (QED) is 0.861. The van der Waals surface area contributed by atoms with E-state index in [4.69, 9.17) is 0 Å². The number of halogens is 1. The topological polar surface area (TPSA) is 66.9 Å². The molecule has 1 aliphatic carbocycles. The Kier molecular flexibility index (Phi) is 4.43. The second-order valence-corrected chi connectivity index (χ2v) is 6.97. The predicted molar refractivity (Wildman–Crippen MR) is 95.2 cm³/mol. The summed E-state index contributed by atoms with van der Waals surface area (Å²) in [6.45, 7) is 3.63. The predicted octanol–water partition coefficient (Wildman–Crippen LogP) is 3.37. The molecule has 0 aliphatic heterocycles. The van der Waals surface area contributed by atoms with E-state index in [0.717, 1.165) is 19.3 Å². The number of hydrogen-bond acceptors (Lipinski definition) is 3. The van der Waals surface area contributed by atoms with Gasteiger partial charge in [-0.05, 0) is 60.2 Å². The van der Waals surface area contributed by atoms with Gasteiger partial charge < -0.3 is 5.32 Å². The molecule has 0 saturated carbocycles. The number of nitrogens with one attached hydrogen (secondary N) is 2. The van der Waals surface area contributed by atoms with Gasteiger partial charge in [0, 0.05) is 6.04 Å². The van der Waals surface area contributed by atoms with E-state index >= 15 is 0 Å². The Labute approximate surface area is 142 Å². The lowest BCUT2D eigenvalue weighted by atomic mass is 9.88. The summed E-state index contributed by atoms with van der Waals surface area (Å²) in [6, 6.07) is 8.22. The first-order valence-corrected chi connectivity index (χ1v) is 8.67. The Bertz CT molecular complexity index is 838. The average molecular weight is 378 g/mol. The number of aryl methyl sites for hydroxylation is 1. The molecule has 0 spiro atoms. The Morgan fingerprint density at radius 1 is 1.30 bits per heavy atom. The molecule has 0 amide bonds. The van der Waals surface area contributed by atoms with Gasteiger partial charge >= 0.3 is 5.69 Å². The summed E-state index contributed by atoms with van der Waals surface area (Å²) in [5.41, 5.74) is 1.86. The standard InChI is InChI=1S/C17H20BrN3O2/c1-10(2)21-16(22)14(18)15(20-17(21)23)19-13-9-5-7-11-6-3-4-8-12(11)13/h3-4,6,8,10,13,19H,5,7,9H2,1-2H3,(H,20,23). The zero-order valence-corrected chi connectivity index (χ0v) is 14.8. The molecule has 0 radical (unpaired) electrons. The van der Waals surface area contributed by atoms with Crippen molar-refractivity contribution in [2.24, 2.45) is 0 Å². The van der Waals surface area contributed by atoms with Crippen LogP contribution >= 0.6 is 15.9 Å². The van der Waals surface area contributed by atoms with Crippen molar-refractivity contribution in [3.63, 3.8) is 0 Å².